The maximum Gasteiger partial charge on any atom is 0.255 e. The number of anilines is 2. The molecule has 5 rings (SSSR count). The fourth-order valence-electron chi connectivity index (χ4n) is 4.74. The first-order chi connectivity index (χ1) is 20.7. The van der Waals surface area contributed by atoms with Crippen molar-refractivity contribution in [2.75, 3.05) is 31.5 Å². The lowest BCUT2D eigenvalue weighted by Crippen LogP contribution is -2.31. The lowest BCUT2D eigenvalue weighted by molar-refractivity contribution is -0.113. The van der Waals surface area contributed by atoms with E-state index in [1.807, 2.05) is 19.1 Å². The lowest BCUT2D eigenvalue weighted by Gasteiger charge is -2.29. The van der Waals surface area contributed by atoms with Crippen LogP contribution in [0.15, 0.2) is 66.1 Å². The normalized spacial score (nSPS) is 14.1. The molecule has 3 aromatic carbocycles. The number of carbonyl (C=O) groups is 1. The van der Waals surface area contributed by atoms with Gasteiger partial charge in [-0.3, -0.25) is 4.79 Å². The van der Waals surface area contributed by atoms with Crippen LogP contribution in [0.25, 0.3) is 0 Å². The highest BCUT2D eigenvalue weighted by molar-refractivity contribution is 6.36. The molecule has 10 nitrogen and oxygen atoms in total. The number of allylic oxidation sites excluding steroid dienone is 1. The van der Waals surface area contributed by atoms with E-state index in [1.165, 1.54) is 20.5 Å². The van der Waals surface area contributed by atoms with Crippen LogP contribution in [-0.2, 0) is 11.4 Å². The molecule has 2 N–H and O–H groups in total. The highest BCUT2D eigenvalue weighted by Gasteiger charge is 2.34. The van der Waals surface area contributed by atoms with Crippen LogP contribution >= 0.6 is 34.8 Å². The number of nitrogens with zero attached hydrogens (tertiary/aromatic N) is 3. The molecule has 0 radical (unpaired) electrons. The van der Waals surface area contributed by atoms with Crippen LogP contribution in [0, 0.1) is 0 Å². The second-order valence-corrected chi connectivity index (χ2v) is 10.6. The molecule has 4 aromatic rings. The Morgan fingerprint density at radius 1 is 0.953 bits per heavy atom. The second kappa shape index (κ2) is 13.0. The average molecular weight is 645 g/mol. The van der Waals surface area contributed by atoms with E-state index < -0.39 is 11.9 Å². The van der Waals surface area contributed by atoms with Crippen LogP contribution in [0.3, 0.4) is 0 Å². The molecular formula is C30H28Cl3N5O5. The van der Waals surface area contributed by atoms with E-state index in [4.69, 9.17) is 53.8 Å². The van der Waals surface area contributed by atoms with Gasteiger partial charge in [0.1, 0.15) is 30.5 Å². The van der Waals surface area contributed by atoms with Gasteiger partial charge in [-0.1, -0.05) is 46.9 Å². The maximum absolute atomic E-state index is 14.0. The Bertz CT molecular complexity index is 1690. The molecule has 1 aliphatic heterocycles. The van der Waals surface area contributed by atoms with Crippen molar-refractivity contribution in [1.82, 2.24) is 14.8 Å². The number of hydrogen-bond acceptors (Lipinski definition) is 8. The van der Waals surface area contributed by atoms with Crippen LogP contribution in [-0.4, -0.2) is 41.5 Å². The van der Waals surface area contributed by atoms with E-state index >= 15 is 0 Å². The Balaban J connectivity index is 1.51. The lowest BCUT2D eigenvalue weighted by atomic mass is 9.94. The van der Waals surface area contributed by atoms with Crippen LogP contribution in [0.5, 0.6) is 23.0 Å². The van der Waals surface area contributed by atoms with Gasteiger partial charge in [-0.2, -0.15) is 10.1 Å². The molecule has 0 fully saturated rings. The van der Waals surface area contributed by atoms with Crippen molar-refractivity contribution in [3.63, 3.8) is 0 Å². The first-order valence-corrected chi connectivity index (χ1v) is 14.3. The van der Waals surface area contributed by atoms with E-state index in [-0.39, 0.29) is 6.61 Å². The molecule has 13 heteroatoms. The van der Waals surface area contributed by atoms with Gasteiger partial charge < -0.3 is 29.6 Å². The number of benzene rings is 3. The molecule has 1 aliphatic rings. The highest BCUT2D eigenvalue weighted by atomic mass is 35.5. The van der Waals surface area contributed by atoms with Gasteiger partial charge in [-0.15, -0.1) is 0 Å². The summed E-state index contributed by atoms with van der Waals surface area (Å²) >= 11 is 19.0. The van der Waals surface area contributed by atoms with Gasteiger partial charge in [0.05, 0.1) is 37.1 Å². The Labute approximate surface area is 263 Å². The minimum absolute atomic E-state index is 0.136. The molecule has 1 atom stereocenters. The van der Waals surface area contributed by atoms with Gasteiger partial charge >= 0.3 is 0 Å². The van der Waals surface area contributed by atoms with Gasteiger partial charge in [-0.25, -0.2) is 4.68 Å². The van der Waals surface area contributed by atoms with Crippen LogP contribution in [0.4, 0.5) is 11.6 Å². The molecule has 0 spiro atoms. The molecule has 0 unspecified atom stereocenters. The smallest absolute Gasteiger partial charge is 0.255 e. The Morgan fingerprint density at radius 3 is 2.40 bits per heavy atom. The van der Waals surface area contributed by atoms with E-state index in [0.717, 1.165) is 0 Å². The fraction of sp³-hybridized carbons (Fsp3) is 0.233. The summed E-state index contributed by atoms with van der Waals surface area (Å²) in [7, 11) is 2.98. The third-order valence-corrected chi connectivity index (χ3v) is 7.78. The number of fused-ring (bicyclic) bond motifs is 1. The quantitative estimate of drug-likeness (QED) is 0.187. The van der Waals surface area contributed by atoms with Crippen molar-refractivity contribution < 1.29 is 23.7 Å². The van der Waals surface area contributed by atoms with E-state index in [1.54, 1.807) is 48.0 Å². The Kier molecular flexibility index (Phi) is 9.19. The molecule has 0 saturated heterocycles. The van der Waals surface area contributed by atoms with Gasteiger partial charge in [0, 0.05) is 33.4 Å². The summed E-state index contributed by atoms with van der Waals surface area (Å²) in [5.74, 6) is 1.80. The van der Waals surface area contributed by atoms with E-state index in [0.29, 0.717) is 78.7 Å². The summed E-state index contributed by atoms with van der Waals surface area (Å²) in [6, 6.07) is 13.2. The van der Waals surface area contributed by atoms with Crippen molar-refractivity contribution in [2.45, 2.75) is 26.5 Å². The minimum Gasteiger partial charge on any atom is -0.495 e. The molecule has 224 valence electrons. The summed E-state index contributed by atoms with van der Waals surface area (Å²) in [6.45, 7) is 4.19. The molecule has 2 heterocycles. The predicted molar refractivity (Wildman–Crippen MR) is 166 cm³/mol. The highest BCUT2D eigenvalue weighted by Crippen LogP contribution is 2.41. The average Bonchev–Trinajstić information content (AvgIpc) is 3.45. The number of amides is 1. The summed E-state index contributed by atoms with van der Waals surface area (Å²) in [5, 5.41) is 11.9. The number of ether oxygens (including phenoxy) is 4. The number of hydrogen-bond donors (Lipinski definition) is 2. The number of carbonyl (C=O) groups excluding carboxylic acids is 1. The summed E-state index contributed by atoms with van der Waals surface area (Å²) in [4.78, 5) is 18.3. The third-order valence-electron chi connectivity index (χ3n) is 6.78. The number of aromatic nitrogens is 3. The zero-order valence-electron chi connectivity index (χ0n) is 23.7. The number of halogens is 3. The molecule has 43 heavy (non-hydrogen) atoms. The second-order valence-electron chi connectivity index (χ2n) is 9.36. The van der Waals surface area contributed by atoms with Crippen LogP contribution in [0.2, 0.25) is 15.1 Å². The SMILES string of the molecule is CCOc1cc([C@H]2C(C(=O)Nc3cc(OC)c(Cl)cc3OC)=C(C)Nc3ncnn32)ccc1OCc1c(Cl)cccc1Cl. The van der Waals surface area contributed by atoms with Crippen molar-refractivity contribution in [3.05, 3.63) is 92.3 Å². The topological polar surface area (TPSA) is 109 Å². The first-order valence-electron chi connectivity index (χ1n) is 13.2. The molecule has 0 aliphatic carbocycles. The predicted octanol–water partition coefficient (Wildman–Crippen LogP) is 7.16. The molecule has 0 bridgehead atoms. The zero-order chi connectivity index (χ0) is 30.7. The zero-order valence-corrected chi connectivity index (χ0v) is 26.0. The monoisotopic (exact) mass is 643 g/mol. The van der Waals surface area contributed by atoms with Crippen molar-refractivity contribution in [3.8, 4) is 23.0 Å². The Hall–Kier alpha value is -4.12. The van der Waals surface area contributed by atoms with E-state index in [2.05, 4.69) is 20.7 Å². The third kappa shape index (κ3) is 6.17. The number of methoxy groups -OCH3 is 2. The van der Waals surface area contributed by atoms with E-state index in [9.17, 15) is 4.79 Å². The molecular weight excluding hydrogens is 617 g/mol. The van der Waals surface area contributed by atoms with Gasteiger partial charge in [0.15, 0.2) is 11.5 Å². The maximum atomic E-state index is 14.0. The first kappa shape index (κ1) is 30.3. The van der Waals surface area contributed by atoms with Crippen molar-refractivity contribution in [1.29, 1.82) is 0 Å². The summed E-state index contributed by atoms with van der Waals surface area (Å²) in [5.41, 5.74) is 2.75. The Morgan fingerprint density at radius 2 is 1.70 bits per heavy atom. The van der Waals surface area contributed by atoms with Crippen LogP contribution in [0.1, 0.15) is 31.0 Å². The van der Waals surface area contributed by atoms with Crippen molar-refractivity contribution in [2.24, 2.45) is 0 Å². The fourth-order valence-corrected chi connectivity index (χ4v) is 5.48. The molecule has 1 amide bonds. The largest absolute Gasteiger partial charge is 0.495 e. The van der Waals surface area contributed by atoms with Crippen LogP contribution < -0.4 is 29.6 Å². The van der Waals surface area contributed by atoms with Gasteiger partial charge in [0.25, 0.3) is 5.91 Å². The molecule has 1 aromatic heterocycles. The van der Waals surface area contributed by atoms with Gasteiger partial charge in [0.2, 0.25) is 5.95 Å². The van der Waals surface area contributed by atoms with Gasteiger partial charge in [-0.05, 0) is 43.7 Å². The molecule has 0 saturated carbocycles. The number of nitrogens with one attached hydrogen (secondary N) is 2. The van der Waals surface area contributed by atoms with Crippen molar-refractivity contribution >= 4 is 52.3 Å². The summed E-state index contributed by atoms with van der Waals surface area (Å²) in [6.07, 6.45) is 1.42. The summed E-state index contributed by atoms with van der Waals surface area (Å²) < 4.78 is 24.5. The number of rotatable bonds is 10. The standard InChI is InChI=1S/C30H28Cl3N5O5/c1-5-42-26-11-17(9-10-23(26)43-14-18-19(31)7-6-8-20(18)32)28-27(16(2)36-30-34-15-35-38(28)30)29(39)37-22-13-24(40-3)21(33)12-25(22)41-4/h6-13,15,28H,5,14H2,1-4H3,(H,37,39)(H,34,35,36)/t28-/m0/s1. The minimum atomic E-state index is -0.662.